The van der Waals surface area contributed by atoms with Gasteiger partial charge in [-0.25, -0.2) is 14.2 Å². The lowest BCUT2D eigenvalue weighted by atomic mass is 9.93. The van der Waals surface area contributed by atoms with Crippen molar-refractivity contribution >= 4 is 45.0 Å². The van der Waals surface area contributed by atoms with Crippen molar-refractivity contribution in [1.82, 2.24) is 4.57 Å². The predicted molar refractivity (Wildman–Crippen MR) is 184 cm³/mol. The van der Waals surface area contributed by atoms with Crippen LogP contribution in [0.15, 0.2) is 117 Å². The maximum absolute atomic E-state index is 14.2. The summed E-state index contributed by atoms with van der Waals surface area (Å²) in [6.45, 7) is 4.61. The van der Waals surface area contributed by atoms with Crippen LogP contribution in [0.1, 0.15) is 42.1 Å². The fourth-order valence-corrected chi connectivity index (χ4v) is 6.80. The third-order valence-electron chi connectivity index (χ3n) is 7.44. The summed E-state index contributed by atoms with van der Waals surface area (Å²) >= 11 is 4.83. The van der Waals surface area contributed by atoms with Gasteiger partial charge in [0, 0.05) is 5.56 Å². The molecule has 5 aromatic rings. The molecule has 1 aromatic heterocycles. The molecule has 0 saturated carbocycles. The third-order valence-corrected chi connectivity index (χ3v) is 9.04. The van der Waals surface area contributed by atoms with Gasteiger partial charge in [-0.3, -0.25) is 9.36 Å². The van der Waals surface area contributed by atoms with Crippen molar-refractivity contribution in [2.75, 3.05) is 13.2 Å². The van der Waals surface area contributed by atoms with E-state index in [1.807, 2.05) is 79.7 Å². The molecule has 0 bridgehead atoms. The molecule has 0 amide bonds. The van der Waals surface area contributed by atoms with Crippen molar-refractivity contribution in [3.8, 4) is 11.5 Å². The molecule has 6 rings (SSSR count). The number of aromatic nitrogens is 1. The van der Waals surface area contributed by atoms with Gasteiger partial charge in [-0.15, -0.1) is 0 Å². The summed E-state index contributed by atoms with van der Waals surface area (Å²) in [5.74, 6) is 0.450. The van der Waals surface area contributed by atoms with E-state index in [-0.39, 0.29) is 30.2 Å². The minimum atomic E-state index is -0.785. The average molecular weight is 714 g/mol. The normalized spacial score (nSPS) is 14.4. The minimum Gasteiger partial charge on any atom is -0.494 e. The molecule has 0 spiro atoms. The quantitative estimate of drug-likeness (QED) is 0.149. The number of fused-ring (bicyclic) bond motifs is 1. The summed E-state index contributed by atoms with van der Waals surface area (Å²) in [7, 11) is 0. The van der Waals surface area contributed by atoms with Crippen LogP contribution in [0, 0.1) is 5.82 Å². The Balaban J connectivity index is 1.45. The van der Waals surface area contributed by atoms with Crippen LogP contribution in [-0.4, -0.2) is 23.8 Å². The maximum atomic E-state index is 14.2. The van der Waals surface area contributed by atoms with Gasteiger partial charge >= 0.3 is 5.97 Å². The van der Waals surface area contributed by atoms with Crippen LogP contribution in [0.3, 0.4) is 0 Å². The molecular formula is C37H30BrFN2O5S. The van der Waals surface area contributed by atoms with Gasteiger partial charge in [-0.1, -0.05) is 72.0 Å². The molecule has 47 heavy (non-hydrogen) atoms. The summed E-state index contributed by atoms with van der Waals surface area (Å²) < 4.78 is 33.1. The molecule has 0 radical (unpaired) electrons. The lowest BCUT2D eigenvalue weighted by Gasteiger charge is -2.26. The fourth-order valence-electron chi connectivity index (χ4n) is 5.29. The van der Waals surface area contributed by atoms with Crippen LogP contribution < -0.4 is 24.4 Å². The van der Waals surface area contributed by atoms with Crippen molar-refractivity contribution in [2.24, 2.45) is 4.99 Å². The van der Waals surface area contributed by atoms with E-state index in [0.29, 0.717) is 37.6 Å². The molecular weight excluding hydrogens is 683 g/mol. The molecule has 238 valence electrons. The molecule has 0 saturated heterocycles. The highest BCUT2D eigenvalue weighted by molar-refractivity contribution is 9.10. The van der Waals surface area contributed by atoms with Gasteiger partial charge in [0.15, 0.2) is 4.80 Å². The second-order valence-electron chi connectivity index (χ2n) is 10.5. The van der Waals surface area contributed by atoms with Crippen molar-refractivity contribution in [2.45, 2.75) is 26.5 Å². The second kappa shape index (κ2) is 14.3. The molecule has 2 heterocycles. The van der Waals surface area contributed by atoms with Crippen molar-refractivity contribution in [3.05, 3.63) is 155 Å². The van der Waals surface area contributed by atoms with Gasteiger partial charge in [0.2, 0.25) is 0 Å². The van der Waals surface area contributed by atoms with Gasteiger partial charge in [0.1, 0.15) is 23.9 Å². The van der Waals surface area contributed by atoms with Crippen LogP contribution in [-0.2, 0) is 16.1 Å². The van der Waals surface area contributed by atoms with E-state index in [1.165, 1.54) is 23.5 Å². The molecule has 0 aliphatic carbocycles. The zero-order chi connectivity index (χ0) is 32.9. The van der Waals surface area contributed by atoms with Crippen LogP contribution in [0.5, 0.6) is 11.5 Å². The number of rotatable bonds is 10. The number of nitrogens with zero attached hydrogens (tertiary/aromatic N) is 2. The van der Waals surface area contributed by atoms with Crippen molar-refractivity contribution < 1.29 is 23.4 Å². The zero-order valence-corrected chi connectivity index (χ0v) is 28.0. The molecule has 0 N–H and O–H groups in total. The van der Waals surface area contributed by atoms with Crippen LogP contribution in [0.25, 0.3) is 11.8 Å². The van der Waals surface area contributed by atoms with Gasteiger partial charge in [-0.05, 0) is 88.9 Å². The summed E-state index contributed by atoms with van der Waals surface area (Å²) in [6, 6.07) is 27.7. The Bertz CT molecular complexity index is 2130. The van der Waals surface area contributed by atoms with E-state index in [9.17, 15) is 14.0 Å². The number of ether oxygens (including phenoxy) is 3. The largest absolute Gasteiger partial charge is 0.494 e. The summed E-state index contributed by atoms with van der Waals surface area (Å²) in [5.41, 5.74) is 3.52. The van der Waals surface area contributed by atoms with Gasteiger partial charge < -0.3 is 14.2 Å². The molecule has 1 atom stereocenters. The first-order chi connectivity index (χ1) is 22.9. The standard InChI is InChI=1S/C37H30BrFN2O5S/c1-3-44-28-17-13-26(14-18-28)34-32(36(43)45-4-2)33(25-8-6-5-7-9-25)40-37-41(34)35(42)31(47-37)21-24-12-19-30(29(38)20-24)46-22-23-10-15-27(39)16-11-23/h5-21,34H,3-4,22H2,1-2H3/b31-21-/t34-/m1/s1. The topological polar surface area (TPSA) is 79.1 Å². The second-order valence-corrected chi connectivity index (χ2v) is 12.4. The molecule has 0 fully saturated rings. The summed E-state index contributed by atoms with van der Waals surface area (Å²) in [4.78, 5) is 33.2. The van der Waals surface area contributed by atoms with E-state index in [2.05, 4.69) is 15.9 Å². The Labute approximate surface area is 283 Å². The Morgan fingerprint density at radius 3 is 2.38 bits per heavy atom. The van der Waals surface area contributed by atoms with Crippen LogP contribution >= 0.6 is 27.3 Å². The van der Waals surface area contributed by atoms with Gasteiger partial charge in [-0.2, -0.15) is 0 Å². The average Bonchev–Trinajstić information content (AvgIpc) is 3.39. The SMILES string of the molecule is CCOC(=O)C1=C(c2ccccc2)N=c2s/c(=C\c3ccc(OCc4ccc(F)cc4)c(Br)c3)c(=O)n2[C@@H]1c1ccc(OCC)cc1. The Kier molecular flexibility index (Phi) is 9.79. The molecule has 1 aliphatic rings. The first-order valence-corrected chi connectivity index (χ1v) is 16.6. The fraction of sp³-hybridized carbons (Fsp3) is 0.162. The number of halogens is 2. The van der Waals surface area contributed by atoms with E-state index in [1.54, 1.807) is 29.7 Å². The number of thiazole rings is 1. The predicted octanol–water partition coefficient (Wildman–Crippen LogP) is 6.81. The maximum Gasteiger partial charge on any atom is 0.338 e. The van der Waals surface area contributed by atoms with Gasteiger partial charge in [0.25, 0.3) is 5.56 Å². The van der Waals surface area contributed by atoms with Crippen LogP contribution in [0.4, 0.5) is 4.39 Å². The lowest BCUT2D eigenvalue weighted by molar-refractivity contribution is -0.138. The molecule has 10 heteroatoms. The third kappa shape index (κ3) is 6.99. The summed E-state index contributed by atoms with van der Waals surface area (Å²) in [6.07, 6.45) is 1.80. The lowest BCUT2D eigenvalue weighted by Crippen LogP contribution is -2.40. The van der Waals surface area contributed by atoms with Gasteiger partial charge in [0.05, 0.1) is 39.5 Å². The van der Waals surface area contributed by atoms with Crippen LogP contribution in [0.2, 0.25) is 0 Å². The van der Waals surface area contributed by atoms with E-state index >= 15 is 0 Å². The highest BCUT2D eigenvalue weighted by Crippen LogP contribution is 2.36. The molecule has 1 aliphatic heterocycles. The monoisotopic (exact) mass is 712 g/mol. The smallest absolute Gasteiger partial charge is 0.338 e. The number of carbonyl (C=O) groups excluding carboxylic acids is 1. The van der Waals surface area contributed by atoms with Crippen molar-refractivity contribution in [1.29, 1.82) is 0 Å². The first-order valence-electron chi connectivity index (χ1n) is 15.0. The molecule has 7 nitrogen and oxygen atoms in total. The summed E-state index contributed by atoms with van der Waals surface area (Å²) in [5, 5.41) is 0. The Hall–Kier alpha value is -4.80. The van der Waals surface area contributed by atoms with E-state index < -0.39 is 12.0 Å². The Morgan fingerprint density at radius 1 is 0.957 bits per heavy atom. The minimum absolute atomic E-state index is 0.170. The highest BCUT2D eigenvalue weighted by Gasteiger charge is 2.35. The van der Waals surface area contributed by atoms with E-state index in [0.717, 1.165) is 22.3 Å². The zero-order valence-electron chi connectivity index (χ0n) is 25.6. The molecule has 0 unspecified atom stereocenters. The number of hydrogen-bond donors (Lipinski definition) is 0. The Morgan fingerprint density at radius 2 is 1.70 bits per heavy atom. The molecule has 4 aromatic carbocycles. The number of carbonyl (C=O) groups is 1. The first kappa shape index (κ1) is 32.2. The highest BCUT2D eigenvalue weighted by atomic mass is 79.9. The van der Waals surface area contributed by atoms with E-state index in [4.69, 9.17) is 19.2 Å². The number of hydrogen-bond acceptors (Lipinski definition) is 7. The number of esters is 1. The number of benzene rings is 4. The van der Waals surface area contributed by atoms with Crippen molar-refractivity contribution in [3.63, 3.8) is 0 Å².